The fourth-order valence-electron chi connectivity index (χ4n) is 7.68. The van der Waals surface area contributed by atoms with Gasteiger partial charge in [0.2, 0.25) is 0 Å². The van der Waals surface area contributed by atoms with E-state index in [9.17, 15) is 0 Å². The summed E-state index contributed by atoms with van der Waals surface area (Å²) >= 11 is 0. The molecule has 10 aromatic rings. The van der Waals surface area contributed by atoms with Crippen molar-refractivity contribution in [3.63, 3.8) is 0 Å². The Balaban J connectivity index is 1.06. The monoisotopic (exact) mass is 717 g/mol. The number of rotatable bonds is 6. The first-order valence-corrected chi connectivity index (χ1v) is 18.8. The van der Waals surface area contributed by atoms with Crippen LogP contribution >= 0.6 is 0 Å². The molecule has 0 N–H and O–H groups in total. The van der Waals surface area contributed by atoms with E-state index in [0.29, 0.717) is 5.82 Å². The van der Waals surface area contributed by atoms with Crippen LogP contribution in [0.4, 0.5) is 0 Å². The summed E-state index contributed by atoms with van der Waals surface area (Å²) < 4.78 is 0. The van der Waals surface area contributed by atoms with Gasteiger partial charge in [-0.15, -0.1) is 0 Å². The Bertz CT molecular complexity index is 3110. The number of hydrogen-bond acceptors (Lipinski definition) is 5. The molecule has 0 aliphatic rings. The van der Waals surface area contributed by atoms with E-state index >= 15 is 0 Å². The standard InChI is InChI=1S/C51H35N5/c1-32-26-46(54-50-43(32)23-22-35-21-20-33(2)53-49(35)50)39-15-6-12-36(27-39)37-13-7-17-41(28-37)51-55-47(34-10-4-3-5-11-34)30-48(56-51)40-16-8-14-38(29-40)44-19-9-18-42-31-52-25-24-45(42)44/h3-31H,1-2H3. The third-order valence-corrected chi connectivity index (χ3v) is 10.5. The molecule has 0 saturated carbocycles. The number of pyridine rings is 3. The molecule has 0 saturated heterocycles. The van der Waals surface area contributed by atoms with Crippen molar-refractivity contribution in [1.29, 1.82) is 0 Å². The van der Waals surface area contributed by atoms with Gasteiger partial charge < -0.3 is 0 Å². The third-order valence-electron chi connectivity index (χ3n) is 10.5. The van der Waals surface area contributed by atoms with Crippen LogP contribution in [0.3, 0.4) is 0 Å². The topological polar surface area (TPSA) is 64.5 Å². The van der Waals surface area contributed by atoms with Crippen molar-refractivity contribution in [2.45, 2.75) is 13.8 Å². The average molecular weight is 718 g/mol. The Morgan fingerprint density at radius 1 is 0.375 bits per heavy atom. The van der Waals surface area contributed by atoms with E-state index in [1.807, 2.05) is 37.5 Å². The second kappa shape index (κ2) is 13.8. The number of aromatic nitrogens is 5. The SMILES string of the molecule is Cc1ccc2ccc3c(C)cc(-c4cccc(-c5cccc(-c6nc(-c7ccccc7)cc(-c7cccc(-c8cccc9cnccc89)c7)n6)c5)c4)nc3c2n1. The zero-order valence-corrected chi connectivity index (χ0v) is 31.0. The van der Waals surface area contributed by atoms with E-state index in [1.165, 1.54) is 10.9 Å². The fourth-order valence-corrected chi connectivity index (χ4v) is 7.68. The first-order chi connectivity index (χ1) is 27.5. The molecule has 0 unspecified atom stereocenters. The molecule has 0 bridgehead atoms. The van der Waals surface area contributed by atoms with Crippen molar-refractivity contribution in [1.82, 2.24) is 24.9 Å². The summed E-state index contributed by atoms with van der Waals surface area (Å²) in [6.45, 7) is 4.18. The van der Waals surface area contributed by atoms with Gasteiger partial charge in [-0.3, -0.25) is 9.97 Å². The minimum absolute atomic E-state index is 0.669. The normalized spacial score (nSPS) is 11.4. The molecule has 264 valence electrons. The molecule has 5 heteroatoms. The molecule has 5 nitrogen and oxygen atoms in total. The van der Waals surface area contributed by atoms with Crippen molar-refractivity contribution in [3.05, 3.63) is 187 Å². The van der Waals surface area contributed by atoms with Gasteiger partial charge in [0.15, 0.2) is 5.82 Å². The largest absolute Gasteiger partial charge is 0.264 e. The zero-order chi connectivity index (χ0) is 37.6. The Hall–Kier alpha value is -7.37. The molecule has 56 heavy (non-hydrogen) atoms. The van der Waals surface area contributed by atoms with Gasteiger partial charge in [-0.25, -0.2) is 15.0 Å². The summed E-state index contributed by atoms with van der Waals surface area (Å²) in [7, 11) is 0. The Kier molecular flexibility index (Phi) is 8.19. The summed E-state index contributed by atoms with van der Waals surface area (Å²) in [4.78, 5) is 24.8. The lowest BCUT2D eigenvalue weighted by Gasteiger charge is -2.13. The quantitative estimate of drug-likeness (QED) is 0.160. The van der Waals surface area contributed by atoms with Crippen LogP contribution in [0.2, 0.25) is 0 Å². The van der Waals surface area contributed by atoms with Gasteiger partial charge in [0, 0.05) is 56.5 Å². The lowest BCUT2D eigenvalue weighted by atomic mass is 9.96. The molecule has 4 aromatic heterocycles. The maximum Gasteiger partial charge on any atom is 0.160 e. The van der Waals surface area contributed by atoms with Crippen LogP contribution in [0.15, 0.2) is 176 Å². The van der Waals surface area contributed by atoms with Crippen LogP contribution in [-0.2, 0) is 0 Å². The highest BCUT2D eigenvalue weighted by molar-refractivity contribution is 6.05. The minimum atomic E-state index is 0.669. The average Bonchev–Trinajstić information content (AvgIpc) is 3.26. The van der Waals surface area contributed by atoms with Crippen LogP contribution in [0.5, 0.6) is 0 Å². The molecule has 0 amide bonds. The molecule has 10 rings (SSSR count). The summed E-state index contributed by atoms with van der Waals surface area (Å²) in [5.41, 5.74) is 15.2. The molecule has 0 aliphatic heterocycles. The molecule has 0 aliphatic carbocycles. The van der Waals surface area contributed by atoms with Crippen molar-refractivity contribution in [2.24, 2.45) is 0 Å². The van der Waals surface area contributed by atoms with E-state index in [0.717, 1.165) is 94.5 Å². The van der Waals surface area contributed by atoms with Crippen LogP contribution in [0.1, 0.15) is 11.3 Å². The van der Waals surface area contributed by atoms with Gasteiger partial charge in [0.1, 0.15) is 0 Å². The molecular formula is C51H35N5. The van der Waals surface area contributed by atoms with E-state index < -0.39 is 0 Å². The summed E-state index contributed by atoms with van der Waals surface area (Å²) in [5.74, 6) is 0.669. The molecular weight excluding hydrogens is 683 g/mol. The Labute approximate surface area is 325 Å². The van der Waals surface area contributed by atoms with Crippen LogP contribution in [-0.4, -0.2) is 24.9 Å². The second-order valence-corrected chi connectivity index (χ2v) is 14.3. The van der Waals surface area contributed by atoms with Crippen molar-refractivity contribution >= 4 is 32.6 Å². The number of aryl methyl sites for hydroxylation is 2. The summed E-state index contributed by atoms with van der Waals surface area (Å²) in [6, 6.07) is 57.2. The lowest BCUT2D eigenvalue weighted by Crippen LogP contribution is -1.96. The van der Waals surface area contributed by atoms with Crippen LogP contribution in [0, 0.1) is 13.8 Å². The van der Waals surface area contributed by atoms with Crippen molar-refractivity contribution < 1.29 is 0 Å². The van der Waals surface area contributed by atoms with Crippen LogP contribution < -0.4 is 0 Å². The van der Waals surface area contributed by atoms with Gasteiger partial charge >= 0.3 is 0 Å². The van der Waals surface area contributed by atoms with Gasteiger partial charge in [-0.2, -0.15) is 0 Å². The highest BCUT2D eigenvalue weighted by Crippen LogP contribution is 2.35. The molecule has 0 spiro atoms. The highest BCUT2D eigenvalue weighted by atomic mass is 14.9. The minimum Gasteiger partial charge on any atom is -0.264 e. The predicted octanol–water partition coefficient (Wildman–Crippen LogP) is 12.7. The maximum atomic E-state index is 5.23. The predicted molar refractivity (Wildman–Crippen MR) is 230 cm³/mol. The van der Waals surface area contributed by atoms with Gasteiger partial charge in [-0.1, -0.05) is 121 Å². The third kappa shape index (κ3) is 6.15. The number of fused-ring (bicyclic) bond motifs is 4. The van der Waals surface area contributed by atoms with Crippen molar-refractivity contribution in [3.8, 4) is 67.4 Å². The second-order valence-electron chi connectivity index (χ2n) is 14.3. The fraction of sp³-hybridized carbons (Fsp3) is 0.0392. The van der Waals surface area contributed by atoms with E-state index in [4.69, 9.17) is 19.9 Å². The summed E-state index contributed by atoms with van der Waals surface area (Å²) in [6.07, 6.45) is 3.77. The van der Waals surface area contributed by atoms with Crippen molar-refractivity contribution in [2.75, 3.05) is 0 Å². The molecule has 6 aromatic carbocycles. The first kappa shape index (κ1) is 33.2. The Morgan fingerprint density at radius 2 is 1.00 bits per heavy atom. The van der Waals surface area contributed by atoms with Gasteiger partial charge in [-0.05, 0) is 89.5 Å². The molecule has 4 heterocycles. The summed E-state index contributed by atoms with van der Waals surface area (Å²) in [5, 5.41) is 4.50. The number of nitrogens with zero attached hydrogens (tertiary/aromatic N) is 5. The van der Waals surface area contributed by atoms with Gasteiger partial charge in [0.05, 0.1) is 28.1 Å². The molecule has 0 radical (unpaired) electrons. The maximum absolute atomic E-state index is 5.23. The Morgan fingerprint density at radius 3 is 1.80 bits per heavy atom. The smallest absolute Gasteiger partial charge is 0.160 e. The van der Waals surface area contributed by atoms with E-state index in [-0.39, 0.29) is 0 Å². The van der Waals surface area contributed by atoms with Crippen LogP contribution in [0.25, 0.3) is 100.0 Å². The zero-order valence-electron chi connectivity index (χ0n) is 31.0. The lowest BCUT2D eigenvalue weighted by molar-refractivity contribution is 1.18. The van der Waals surface area contributed by atoms with E-state index in [1.54, 1.807) is 0 Å². The highest BCUT2D eigenvalue weighted by Gasteiger charge is 2.15. The molecule has 0 atom stereocenters. The first-order valence-electron chi connectivity index (χ1n) is 18.8. The number of benzene rings is 6. The molecule has 0 fully saturated rings. The van der Waals surface area contributed by atoms with E-state index in [2.05, 4.69) is 158 Å². The number of hydrogen-bond donors (Lipinski definition) is 0. The van der Waals surface area contributed by atoms with Gasteiger partial charge in [0.25, 0.3) is 0 Å².